The Morgan fingerprint density at radius 1 is 1.18 bits per heavy atom. The van der Waals surface area contributed by atoms with Crippen LogP contribution in [0.4, 0.5) is 16.0 Å². The quantitative estimate of drug-likeness (QED) is 0.469. The van der Waals surface area contributed by atoms with Gasteiger partial charge in [0.05, 0.1) is 24.4 Å². The second kappa shape index (κ2) is 9.30. The largest absolute Gasteiger partial charge is 0.465 e. The molecule has 5 atom stereocenters. The number of hydrogen-bond donors (Lipinski definition) is 4. The fraction of sp³-hybridized carbons (Fsp3) is 0.565. The highest BCUT2D eigenvalue weighted by Gasteiger charge is 2.43. The van der Waals surface area contributed by atoms with Crippen LogP contribution in [0.15, 0.2) is 18.3 Å². The average Bonchev–Trinajstić information content (AvgIpc) is 3.37. The van der Waals surface area contributed by atoms with E-state index in [0.29, 0.717) is 34.1 Å². The van der Waals surface area contributed by atoms with E-state index in [2.05, 4.69) is 33.4 Å². The zero-order valence-corrected chi connectivity index (χ0v) is 19.3. The van der Waals surface area contributed by atoms with Crippen molar-refractivity contribution in [2.24, 2.45) is 0 Å². The summed E-state index contributed by atoms with van der Waals surface area (Å²) in [6, 6.07) is 4.07. The van der Waals surface area contributed by atoms with Crippen LogP contribution in [0.3, 0.4) is 0 Å². The van der Waals surface area contributed by atoms with Gasteiger partial charge in [0.1, 0.15) is 11.6 Å². The maximum Gasteiger partial charge on any atom is 0.339 e. The van der Waals surface area contributed by atoms with Crippen LogP contribution in [-0.4, -0.2) is 70.9 Å². The maximum atomic E-state index is 13.1. The van der Waals surface area contributed by atoms with Gasteiger partial charge in [-0.15, -0.1) is 0 Å². The fourth-order valence-electron chi connectivity index (χ4n) is 5.49. The number of nitrogens with zero attached hydrogens (tertiary/aromatic N) is 3. The number of halogens is 1. The monoisotopic (exact) mass is 471 g/mol. The minimum atomic E-state index is -0.949. The summed E-state index contributed by atoms with van der Waals surface area (Å²) >= 11 is 0. The molecule has 3 unspecified atom stereocenters. The minimum Gasteiger partial charge on any atom is -0.465 e. The van der Waals surface area contributed by atoms with E-state index in [0.717, 1.165) is 32.1 Å². The van der Waals surface area contributed by atoms with E-state index in [1.54, 1.807) is 11.0 Å². The zero-order valence-electron chi connectivity index (χ0n) is 19.3. The first-order chi connectivity index (χ1) is 16.4. The molecule has 1 amide bonds. The Hall–Kier alpha value is -3.05. The summed E-state index contributed by atoms with van der Waals surface area (Å²) in [5, 5.41) is 7.66. The van der Waals surface area contributed by atoms with Gasteiger partial charge in [-0.2, -0.15) is 0 Å². The van der Waals surface area contributed by atoms with Crippen LogP contribution in [0.5, 0.6) is 0 Å². The number of pyridine rings is 2. The lowest BCUT2D eigenvalue weighted by atomic mass is 9.97. The van der Waals surface area contributed by atoms with Crippen LogP contribution in [-0.2, 0) is 9.53 Å². The Morgan fingerprint density at radius 2 is 1.94 bits per heavy atom. The first kappa shape index (κ1) is 22.7. The molecule has 2 aromatic heterocycles. The first-order valence-corrected chi connectivity index (χ1v) is 11.8. The standard InChI is InChI=1S/C23H30FN7O3/c1-12-5-20(30-29-12)27-19-9-18-17(6-13(11-25-18)23(33)34-2)22(28-19)26-14-7-15-3-4-16(8-14)31(15)21(32)10-24/h6,9,11-12,14-16,20,29-30H,3-5,7-8,10H2,1-2H3,(H2,26,27,28)/t12?,14?,15-,16+,20?. The van der Waals surface area contributed by atoms with Gasteiger partial charge < -0.3 is 20.3 Å². The Morgan fingerprint density at radius 3 is 2.59 bits per heavy atom. The summed E-state index contributed by atoms with van der Waals surface area (Å²) in [4.78, 5) is 35.2. The lowest BCUT2D eigenvalue weighted by Crippen LogP contribution is -2.50. The molecule has 0 aliphatic carbocycles. The van der Waals surface area contributed by atoms with E-state index in [1.165, 1.54) is 13.3 Å². The van der Waals surface area contributed by atoms with Gasteiger partial charge in [-0.1, -0.05) is 0 Å². The Bertz CT molecular complexity index is 1090. The molecule has 3 aliphatic heterocycles. The number of hydrogen-bond acceptors (Lipinski definition) is 9. The van der Waals surface area contributed by atoms with Crippen LogP contribution in [0.1, 0.15) is 49.4 Å². The third-order valence-electron chi connectivity index (χ3n) is 6.99. The minimum absolute atomic E-state index is 0.0212. The molecule has 10 nitrogen and oxygen atoms in total. The normalized spacial score (nSPS) is 28.2. The summed E-state index contributed by atoms with van der Waals surface area (Å²) in [5.74, 6) is 0.398. The molecular weight excluding hydrogens is 441 g/mol. The highest BCUT2D eigenvalue weighted by molar-refractivity contribution is 5.98. The number of fused-ring (bicyclic) bond motifs is 3. The van der Waals surface area contributed by atoms with Crippen LogP contribution >= 0.6 is 0 Å². The van der Waals surface area contributed by atoms with Gasteiger partial charge in [0.15, 0.2) is 6.67 Å². The molecule has 182 valence electrons. The molecule has 2 aromatic rings. The second-order valence-electron chi connectivity index (χ2n) is 9.39. The SMILES string of the molecule is COC(=O)c1cnc2cc(NC3CC(C)NN3)nc(NC3C[C@H]4CC[C@@H](C3)N4C(=O)CF)c2c1. The number of alkyl halides is 1. The molecule has 0 aromatic carbocycles. The number of aromatic nitrogens is 2. The summed E-state index contributed by atoms with van der Waals surface area (Å²) in [6.45, 7) is 1.15. The number of amides is 1. The lowest BCUT2D eigenvalue weighted by molar-refractivity contribution is -0.136. The molecule has 4 N–H and O–H groups in total. The third-order valence-corrected chi connectivity index (χ3v) is 6.99. The lowest BCUT2D eigenvalue weighted by Gasteiger charge is -2.39. The number of ether oxygens (including phenoxy) is 1. The van der Waals surface area contributed by atoms with Gasteiger partial charge in [-0.05, 0) is 45.1 Å². The number of esters is 1. The highest BCUT2D eigenvalue weighted by atomic mass is 19.1. The van der Waals surface area contributed by atoms with Crippen LogP contribution in [0.2, 0.25) is 0 Å². The van der Waals surface area contributed by atoms with Gasteiger partial charge in [0, 0.05) is 41.8 Å². The number of nitrogens with one attached hydrogen (secondary N) is 4. The molecule has 0 saturated carbocycles. The van der Waals surface area contributed by atoms with E-state index in [1.807, 2.05) is 6.07 Å². The number of carbonyl (C=O) groups is 2. The average molecular weight is 472 g/mol. The topological polar surface area (TPSA) is 121 Å². The Kier molecular flexibility index (Phi) is 6.22. The van der Waals surface area contributed by atoms with Gasteiger partial charge >= 0.3 is 5.97 Å². The van der Waals surface area contributed by atoms with E-state index >= 15 is 0 Å². The van der Waals surface area contributed by atoms with Gasteiger partial charge in [-0.3, -0.25) is 15.2 Å². The van der Waals surface area contributed by atoms with Crippen molar-refractivity contribution in [1.29, 1.82) is 0 Å². The zero-order chi connectivity index (χ0) is 23.8. The first-order valence-electron chi connectivity index (χ1n) is 11.8. The number of anilines is 2. The third kappa shape index (κ3) is 4.37. The van der Waals surface area contributed by atoms with Gasteiger partial charge in [0.25, 0.3) is 5.91 Å². The summed E-state index contributed by atoms with van der Waals surface area (Å²) < 4.78 is 17.9. The predicted molar refractivity (Wildman–Crippen MR) is 125 cm³/mol. The van der Waals surface area contributed by atoms with Crippen LogP contribution in [0, 0.1) is 0 Å². The summed E-state index contributed by atoms with van der Waals surface area (Å²) in [7, 11) is 1.34. The molecule has 3 aliphatic rings. The predicted octanol–water partition coefficient (Wildman–Crippen LogP) is 1.94. The second-order valence-corrected chi connectivity index (χ2v) is 9.39. The van der Waals surface area contributed by atoms with E-state index in [9.17, 15) is 14.0 Å². The van der Waals surface area contributed by atoms with Gasteiger partial charge in [-0.25, -0.2) is 19.6 Å². The molecule has 0 radical (unpaired) electrons. The summed E-state index contributed by atoms with van der Waals surface area (Å²) in [6.07, 6.45) is 5.63. The number of piperidine rings is 1. The molecule has 2 bridgehead atoms. The van der Waals surface area contributed by atoms with Crippen molar-refractivity contribution in [3.05, 3.63) is 23.9 Å². The molecule has 34 heavy (non-hydrogen) atoms. The van der Waals surface area contributed by atoms with Crippen molar-refractivity contribution in [3.63, 3.8) is 0 Å². The fourth-order valence-corrected chi connectivity index (χ4v) is 5.49. The molecule has 5 heterocycles. The molecule has 11 heteroatoms. The van der Waals surface area contributed by atoms with Crippen molar-refractivity contribution < 1.29 is 18.7 Å². The molecule has 5 rings (SSSR count). The van der Waals surface area contributed by atoms with Crippen LogP contribution < -0.4 is 21.5 Å². The van der Waals surface area contributed by atoms with Crippen molar-refractivity contribution >= 4 is 34.4 Å². The maximum absolute atomic E-state index is 13.1. The van der Waals surface area contributed by atoms with Gasteiger partial charge in [0.2, 0.25) is 0 Å². The molecular formula is C23H30FN7O3. The highest BCUT2D eigenvalue weighted by Crippen LogP contribution is 2.37. The summed E-state index contributed by atoms with van der Waals surface area (Å²) in [5.41, 5.74) is 7.43. The Labute approximate surface area is 197 Å². The van der Waals surface area contributed by atoms with E-state index < -0.39 is 18.6 Å². The molecule has 3 saturated heterocycles. The van der Waals surface area contributed by atoms with E-state index in [-0.39, 0.29) is 24.3 Å². The van der Waals surface area contributed by atoms with Crippen molar-refractivity contribution in [2.75, 3.05) is 24.4 Å². The number of hydrazine groups is 1. The Balaban J connectivity index is 1.44. The van der Waals surface area contributed by atoms with Crippen molar-refractivity contribution in [1.82, 2.24) is 25.7 Å². The number of rotatable bonds is 6. The molecule has 0 spiro atoms. The number of methoxy groups -OCH3 is 1. The van der Waals surface area contributed by atoms with Crippen molar-refractivity contribution in [3.8, 4) is 0 Å². The van der Waals surface area contributed by atoms with Crippen molar-refractivity contribution in [2.45, 2.75) is 69.4 Å². The van der Waals surface area contributed by atoms with E-state index in [4.69, 9.17) is 9.72 Å². The number of carbonyl (C=O) groups excluding carboxylic acids is 2. The molecule has 3 fully saturated rings. The van der Waals surface area contributed by atoms with Crippen LogP contribution in [0.25, 0.3) is 10.9 Å². The smallest absolute Gasteiger partial charge is 0.339 e.